The Bertz CT molecular complexity index is 668. The first-order valence-electron chi connectivity index (χ1n) is 7.28. The van der Waals surface area contributed by atoms with E-state index in [9.17, 15) is 4.79 Å². The van der Waals surface area contributed by atoms with E-state index in [1.54, 1.807) is 6.20 Å². The van der Waals surface area contributed by atoms with E-state index in [0.29, 0.717) is 16.3 Å². The number of aryl methyl sites for hydroxylation is 1. The van der Waals surface area contributed by atoms with Gasteiger partial charge in [0.2, 0.25) is 0 Å². The number of nitrogens with zero attached hydrogens (tertiary/aromatic N) is 2. The molecule has 0 spiro atoms. The quantitative estimate of drug-likeness (QED) is 0.925. The fourth-order valence-corrected chi connectivity index (χ4v) is 2.22. The molecule has 1 atom stereocenters. The Hall–Kier alpha value is -1.94. The zero-order valence-corrected chi connectivity index (χ0v) is 14.0. The van der Waals surface area contributed by atoms with Crippen molar-refractivity contribution in [3.05, 3.63) is 58.1 Å². The Morgan fingerprint density at radius 1 is 1.18 bits per heavy atom. The second kappa shape index (κ2) is 6.88. The number of amides is 1. The molecule has 0 saturated heterocycles. The lowest BCUT2D eigenvalue weighted by atomic mass is 10.1. The standard InChI is InChI=1S/C17H20ClN3O/c1-10(2)16-19-9-15(12(4)20-16)17(22)21-11(3)13-5-7-14(18)8-6-13/h5-11H,1-4H3,(H,21,22)/t11-/m1/s1. The molecule has 22 heavy (non-hydrogen) atoms. The van der Waals surface area contributed by atoms with Crippen molar-refractivity contribution in [3.8, 4) is 0 Å². The number of aromatic nitrogens is 2. The lowest BCUT2D eigenvalue weighted by molar-refractivity contribution is 0.0938. The van der Waals surface area contributed by atoms with Crippen molar-refractivity contribution in [1.82, 2.24) is 15.3 Å². The van der Waals surface area contributed by atoms with Crippen LogP contribution in [0.1, 0.15) is 60.2 Å². The monoisotopic (exact) mass is 317 g/mol. The number of halogens is 1. The maximum Gasteiger partial charge on any atom is 0.255 e. The summed E-state index contributed by atoms with van der Waals surface area (Å²) in [4.78, 5) is 21.0. The van der Waals surface area contributed by atoms with Gasteiger partial charge in [0.15, 0.2) is 0 Å². The van der Waals surface area contributed by atoms with E-state index in [2.05, 4.69) is 15.3 Å². The summed E-state index contributed by atoms with van der Waals surface area (Å²) in [6.45, 7) is 7.81. The van der Waals surface area contributed by atoms with Gasteiger partial charge in [0.05, 0.1) is 17.3 Å². The minimum atomic E-state index is -0.171. The minimum Gasteiger partial charge on any atom is -0.345 e. The van der Waals surface area contributed by atoms with E-state index in [4.69, 9.17) is 11.6 Å². The average Bonchev–Trinajstić information content (AvgIpc) is 2.47. The first kappa shape index (κ1) is 16.4. The van der Waals surface area contributed by atoms with E-state index < -0.39 is 0 Å². The summed E-state index contributed by atoms with van der Waals surface area (Å²) in [6.07, 6.45) is 1.60. The van der Waals surface area contributed by atoms with Gasteiger partial charge in [-0.3, -0.25) is 4.79 Å². The third kappa shape index (κ3) is 3.83. The van der Waals surface area contributed by atoms with Gasteiger partial charge >= 0.3 is 0 Å². The van der Waals surface area contributed by atoms with Crippen LogP contribution in [-0.2, 0) is 0 Å². The van der Waals surface area contributed by atoms with Crippen molar-refractivity contribution in [2.24, 2.45) is 0 Å². The van der Waals surface area contributed by atoms with Crippen LogP contribution in [0.5, 0.6) is 0 Å². The number of nitrogens with one attached hydrogen (secondary N) is 1. The zero-order valence-electron chi connectivity index (χ0n) is 13.2. The molecule has 0 aliphatic carbocycles. The van der Waals surface area contributed by atoms with Crippen molar-refractivity contribution < 1.29 is 4.79 Å². The Labute approximate surface area is 135 Å². The van der Waals surface area contributed by atoms with Gasteiger partial charge < -0.3 is 5.32 Å². The zero-order chi connectivity index (χ0) is 16.3. The smallest absolute Gasteiger partial charge is 0.255 e. The number of benzene rings is 1. The highest BCUT2D eigenvalue weighted by atomic mass is 35.5. The normalized spacial score (nSPS) is 12.3. The van der Waals surface area contributed by atoms with E-state index in [1.807, 2.05) is 52.0 Å². The highest BCUT2D eigenvalue weighted by molar-refractivity contribution is 6.30. The number of rotatable bonds is 4. The van der Waals surface area contributed by atoms with Crippen LogP contribution in [0.15, 0.2) is 30.5 Å². The molecular weight excluding hydrogens is 298 g/mol. The molecule has 0 bridgehead atoms. The summed E-state index contributed by atoms with van der Waals surface area (Å²) in [7, 11) is 0. The van der Waals surface area contributed by atoms with Crippen LogP contribution in [0.25, 0.3) is 0 Å². The average molecular weight is 318 g/mol. The van der Waals surface area contributed by atoms with E-state index in [1.165, 1.54) is 0 Å². The highest BCUT2D eigenvalue weighted by Gasteiger charge is 2.16. The predicted octanol–water partition coefficient (Wildman–Crippen LogP) is 4.05. The second-order valence-corrected chi connectivity index (χ2v) is 6.07. The van der Waals surface area contributed by atoms with Gasteiger partial charge in [0.1, 0.15) is 5.82 Å². The fraction of sp³-hybridized carbons (Fsp3) is 0.353. The fourth-order valence-electron chi connectivity index (χ4n) is 2.10. The molecule has 0 fully saturated rings. The molecule has 5 heteroatoms. The van der Waals surface area contributed by atoms with Gasteiger partial charge in [-0.2, -0.15) is 0 Å². The molecule has 1 aromatic heterocycles. The Morgan fingerprint density at radius 3 is 2.36 bits per heavy atom. The summed E-state index contributed by atoms with van der Waals surface area (Å²) in [5, 5.41) is 3.64. The first-order chi connectivity index (χ1) is 10.4. The largest absolute Gasteiger partial charge is 0.345 e. The Kier molecular flexibility index (Phi) is 5.14. The molecule has 1 aromatic carbocycles. The second-order valence-electron chi connectivity index (χ2n) is 5.63. The van der Waals surface area contributed by atoms with Crippen LogP contribution in [0, 0.1) is 6.92 Å². The van der Waals surface area contributed by atoms with Gasteiger partial charge in [-0.1, -0.05) is 37.6 Å². The van der Waals surface area contributed by atoms with Crippen LogP contribution < -0.4 is 5.32 Å². The molecule has 1 amide bonds. The number of hydrogen-bond acceptors (Lipinski definition) is 3. The Balaban J connectivity index is 2.13. The van der Waals surface area contributed by atoms with Crippen LogP contribution in [0.3, 0.4) is 0 Å². The van der Waals surface area contributed by atoms with Crippen molar-refractivity contribution in [1.29, 1.82) is 0 Å². The molecule has 1 N–H and O–H groups in total. The molecular formula is C17H20ClN3O. The molecule has 116 valence electrons. The topological polar surface area (TPSA) is 54.9 Å². The number of carbonyl (C=O) groups is 1. The first-order valence-corrected chi connectivity index (χ1v) is 7.66. The molecule has 0 unspecified atom stereocenters. The van der Waals surface area contributed by atoms with Gasteiger partial charge in [0, 0.05) is 17.1 Å². The molecule has 2 rings (SSSR count). The summed E-state index contributed by atoms with van der Waals surface area (Å²) in [5.41, 5.74) is 2.19. The third-order valence-electron chi connectivity index (χ3n) is 3.48. The predicted molar refractivity (Wildman–Crippen MR) is 88.2 cm³/mol. The molecule has 2 aromatic rings. The molecule has 0 aliphatic rings. The van der Waals surface area contributed by atoms with Crippen molar-refractivity contribution in [2.45, 2.75) is 39.7 Å². The SMILES string of the molecule is Cc1nc(C(C)C)ncc1C(=O)N[C@H](C)c1ccc(Cl)cc1. The van der Waals surface area contributed by atoms with Crippen LogP contribution in [0.4, 0.5) is 0 Å². The van der Waals surface area contributed by atoms with E-state index >= 15 is 0 Å². The minimum absolute atomic E-state index is 0.117. The molecule has 4 nitrogen and oxygen atoms in total. The van der Waals surface area contributed by atoms with Crippen LogP contribution in [0.2, 0.25) is 5.02 Å². The summed E-state index contributed by atoms with van der Waals surface area (Å²) in [5.74, 6) is 0.818. The molecule has 0 radical (unpaired) electrons. The maximum absolute atomic E-state index is 12.4. The summed E-state index contributed by atoms with van der Waals surface area (Å²) < 4.78 is 0. The van der Waals surface area contributed by atoms with Crippen molar-refractivity contribution in [2.75, 3.05) is 0 Å². The van der Waals surface area contributed by atoms with Crippen LogP contribution >= 0.6 is 11.6 Å². The van der Waals surface area contributed by atoms with Gasteiger partial charge in [-0.15, -0.1) is 0 Å². The number of hydrogen-bond donors (Lipinski definition) is 1. The highest BCUT2D eigenvalue weighted by Crippen LogP contribution is 2.17. The molecule has 1 heterocycles. The van der Waals surface area contributed by atoms with Crippen molar-refractivity contribution in [3.63, 3.8) is 0 Å². The molecule has 0 aliphatic heterocycles. The number of carbonyl (C=O) groups excluding carboxylic acids is 1. The van der Waals surface area contributed by atoms with Gasteiger partial charge in [-0.05, 0) is 31.5 Å². The maximum atomic E-state index is 12.4. The van der Waals surface area contributed by atoms with Crippen LogP contribution in [-0.4, -0.2) is 15.9 Å². The Morgan fingerprint density at radius 2 is 1.82 bits per heavy atom. The molecule has 0 saturated carbocycles. The van der Waals surface area contributed by atoms with E-state index in [0.717, 1.165) is 11.4 Å². The van der Waals surface area contributed by atoms with E-state index in [-0.39, 0.29) is 17.9 Å². The van der Waals surface area contributed by atoms with Crippen molar-refractivity contribution >= 4 is 17.5 Å². The summed E-state index contributed by atoms with van der Waals surface area (Å²) >= 11 is 5.88. The van der Waals surface area contributed by atoms with Gasteiger partial charge in [0.25, 0.3) is 5.91 Å². The summed E-state index contributed by atoms with van der Waals surface area (Å²) in [6, 6.07) is 7.31. The third-order valence-corrected chi connectivity index (χ3v) is 3.73. The van der Waals surface area contributed by atoms with Gasteiger partial charge in [-0.25, -0.2) is 9.97 Å². The lowest BCUT2D eigenvalue weighted by Crippen LogP contribution is -2.28. The lowest BCUT2D eigenvalue weighted by Gasteiger charge is -2.15.